The molecule has 0 aromatic carbocycles. The van der Waals surface area contributed by atoms with Crippen molar-refractivity contribution < 1.29 is 4.79 Å². The minimum Gasteiger partial charge on any atom is -0.366 e. The van der Waals surface area contributed by atoms with Crippen molar-refractivity contribution in [3.8, 4) is 0 Å². The molecule has 0 aliphatic rings. The Morgan fingerprint density at radius 3 is 3.08 bits per heavy atom. The van der Waals surface area contributed by atoms with Crippen molar-refractivity contribution in [2.24, 2.45) is 5.73 Å². The highest BCUT2D eigenvalue weighted by molar-refractivity contribution is 5.92. The summed E-state index contributed by atoms with van der Waals surface area (Å²) in [6.07, 6.45) is 2.96. The zero-order valence-electron chi connectivity index (χ0n) is 6.14. The molecule has 1 amide bonds. The first-order valence-electron chi connectivity index (χ1n) is 3.36. The number of carbonyl (C=O) groups excluding carboxylic acids is 1. The zero-order chi connectivity index (χ0) is 8.55. The van der Waals surface area contributed by atoms with E-state index in [0.29, 0.717) is 11.2 Å². The number of rotatable bonds is 1. The summed E-state index contributed by atoms with van der Waals surface area (Å²) < 4.78 is 1.50. The van der Waals surface area contributed by atoms with Crippen LogP contribution in [0.1, 0.15) is 10.4 Å². The topological polar surface area (TPSA) is 73.3 Å². The second-order valence-electron chi connectivity index (χ2n) is 2.34. The average Bonchev–Trinajstić information content (AvgIpc) is 2.49. The maximum atomic E-state index is 10.7. The number of hydrogen-bond donors (Lipinski definition) is 1. The SMILES string of the molecule is NC(=O)c1ccc2ncnn2c1. The third kappa shape index (κ3) is 0.914. The quantitative estimate of drug-likeness (QED) is 0.632. The van der Waals surface area contributed by atoms with Gasteiger partial charge >= 0.3 is 0 Å². The molecule has 2 heterocycles. The first kappa shape index (κ1) is 6.78. The Morgan fingerprint density at radius 2 is 2.33 bits per heavy atom. The molecule has 0 spiro atoms. The van der Waals surface area contributed by atoms with E-state index in [1.54, 1.807) is 18.3 Å². The summed E-state index contributed by atoms with van der Waals surface area (Å²) in [6.45, 7) is 0. The van der Waals surface area contributed by atoms with Gasteiger partial charge in [0.05, 0.1) is 5.56 Å². The molecule has 0 fully saturated rings. The van der Waals surface area contributed by atoms with Gasteiger partial charge in [0.1, 0.15) is 6.33 Å². The van der Waals surface area contributed by atoms with Crippen molar-refractivity contribution in [1.82, 2.24) is 14.6 Å². The van der Waals surface area contributed by atoms with Gasteiger partial charge in [-0.1, -0.05) is 0 Å². The van der Waals surface area contributed by atoms with E-state index in [-0.39, 0.29) is 0 Å². The molecule has 0 bridgehead atoms. The van der Waals surface area contributed by atoms with Crippen molar-refractivity contribution in [3.05, 3.63) is 30.2 Å². The summed E-state index contributed by atoms with van der Waals surface area (Å²) in [5.41, 5.74) is 6.19. The van der Waals surface area contributed by atoms with Crippen molar-refractivity contribution in [1.29, 1.82) is 0 Å². The van der Waals surface area contributed by atoms with Crippen LogP contribution in [0.25, 0.3) is 5.65 Å². The summed E-state index contributed by atoms with van der Waals surface area (Å²) in [4.78, 5) is 14.6. The molecule has 5 nitrogen and oxygen atoms in total. The monoisotopic (exact) mass is 162 g/mol. The standard InChI is InChI=1S/C7H6N4O/c8-7(12)5-1-2-6-9-4-10-11(6)3-5/h1-4H,(H2,8,12). The van der Waals surface area contributed by atoms with E-state index < -0.39 is 5.91 Å². The summed E-state index contributed by atoms with van der Waals surface area (Å²) in [6, 6.07) is 3.30. The Kier molecular flexibility index (Phi) is 1.30. The van der Waals surface area contributed by atoms with Gasteiger partial charge in [-0.3, -0.25) is 4.79 Å². The Bertz CT molecular complexity index is 434. The number of carbonyl (C=O) groups is 1. The van der Waals surface area contributed by atoms with Crippen molar-refractivity contribution in [2.75, 3.05) is 0 Å². The predicted molar refractivity (Wildman–Crippen MR) is 41.5 cm³/mol. The van der Waals surface area contributed by atoms with Gasteiger partial charge in [0.15, 0.2) is 5.65 Å². The normalized spacial score (nSPS) is 10.3. The van der Waals surface area contributed by atoms with Crippen LogP contribution in [-0.4, -0.2) is 20.5 Å². The summed E-state index contributed by atoms with van der Waals surface area (Å²) in [5.74, 6) is -0.465. The number of nitrogens with zero attached hydrogens (tertiary/aromatic N) is 3. The average molecular weight is 162 g/mol. The van der Waals surface area contributed by atoms with E-state index in [2.05, 4.69) is 10.1 Å². The molecule has 0 aliphatic carbocycles. The van der Waals surface area contributed by atoms with Gasteiger partial charge in [-0.15, -0.1) is 0 Å². The largest absolute Gasteiger partial charge is 0.366 e. The highest BCUT2D eigenvalue weighted by atomic mass is 16.1. The van der Waals surface area contributed by atoms with Crippen molar-refractivity contribution in [3.63, 3.8) is 0 Å². The van der Waals surface area contributed by atoms with E-state index in [1.807, 2.05) is 0 Å². The van der Waals surface area contributed by atoms with Gasteiger partial charge in [-0.2, -0.15) is 5.10 Å². The molecule has 12 heavy (non-hydrogen) atoms. The number of primary amides is 1. The molecule has 0 unspecified atom stereocenters. The molecular weight excluding hydrogens is 156 g/mol. The third-order valence-corrected chi connectivity index (χ3v) is 1.56. The molecule has 2 aromatic rings. The molecule has 0 saturated heterocycles. The predicted octanol–water partition coefficient (Wildman–Crippen LogP) is -0.172. The Balaban J connectivity index is 2.68. The van der Waals surface area contributed by atoms with E-state index in [9.17, 15) is 4.79 Å². The van der Waals surface area contributed by atoms with Crippen LogP contribution >= 0.6 is 0 Å². The lowest BCUT2D eigenvalue weighted by Gasteiger charge is -1.94. The second-order valence-corrected chi connectivity index (χ2v) is 2.34. The van der Waals surface area contributed by atoms with E-state index in [4.69, 9.17) is 5.73 Å². The highest BCUT2D eigenvalue weighted by Gasteiger charge is 2.01. The van der Waals surface area contributed by atoms with E-state index in [1.165, 1.54) is 10.8 Å². The fraction of sp³-hybridized carbons (Fsp3) is 0. The van der Waals surface area contributed by atoms with Crippen LogP contribution in [0.3, 0.4) is 0 Å². The Labute approximate surface area is 67.8 Å². The fourth-order valence-corrected chi connectivity index (χ4v) is 0.963. The molecule has 5 heteroatoms. The van der Waals surface area contributed by atoms with E-state index >= 15 is 0 Å². The molecule has 60 valence electrons. The van der Waals surface area contributed by atoms with Crippen molar-refractivity contribution in [2.45, 2.75) is 0 Å². The number of amides is 1. The molecule has 0 atom stereocenters. The summed E-state index contributed by atoms with van der Waals surface area (Å²) in [7, 11) is 0. The number of fused-ring (bicyclic) bond motifs is 1. The fourth-order valence-electron chi connectivity index (χ4n) is 0.963. The Morgan fingerprint density at radius 1 is 1.50 bits per heavy atom. The van der Waals surface area contributed by atoms with Crippen LogP contribution in [-0.2, 0) is 0 Å². The zero-order valence-corrected chi connectivity index (χ0v) is 6.14. The molecule has 2 rings (SSSR count). The van der Waals surface area contributed by atoms with Gasteiger partial charge in [0.2, 0.25) is 5.91 Å². The Hall–Kier alpha value is -1.91. The van der Waals surface area contributed by atoms with Crippen LogP contribution in [0.15, 0.2) is 24.7 Å². The second kappa shape index (κ2) is 2.30. The molecule has 0 saturated carbocycles. The number of pyridine rings is 1. The van der Waals surface area contributed by atoms with Crippen LogP contribution in [0.4, 0.5) is 0 Å². The number of aromatic nitrogens is 3. The highest BCUT2D eigenvalue weighted by Crippen LogP contribution is 2.01. The lowest BCUT2D eigenvalue weighted by atomic mass is 10.3. The lowest BCUT2D eigenvalue weighted by molar-refractivity contribution is 0.1000. The number of hydrogen-bond acceptors (Lipinski definition) is 3. The third-order valence-electron chi connectivity index (χ3n) is 1.56. The van der Waals surface area contributed by atoms with E-state index in [0.717, 1.165) is 0 Å². The smallest absolute Gasteiger partial charge is 0.250 e. The molecule has 2 N–H and O–H groups in total. The van der Waals surface area contributed by atoms with Gasteiger partial charge in [0.25, 0.3) is 0 Å². The van der Waals surface area contributed by atoms with Crippen LogP contribution in [0.2, 0.25) is 0 Å². The number of nitrogens with two attached hydrogens (primary N) is 1. The summed E-state index contributed by atoms with van der Waals surface area (Å²) >= 11 is 0. The van der Waals surface area contributed by atoms with Crippen molar-refractivity contribution >= 4 is 11.6 Å². The summed E-state index contributed by atoms with van der Waals surface area (Å²) in [5, 5.41) is 3.86. The van der Waals surface area contributed by atoms with Gasteiger partial charge in [0, 0.05) is 6.20 Å². The minimum atomic E-state index is -0.465. The first-order valence-corrected chi connectivity index (χ1v) is 3.36. The molecule has 2 aromatic heterocycles. The molecule has 0 radical (unpaired) electrons. The van der Waals surface area contributed by atoms with Gasteiger partial charge in [-0.05, 0) is 12.1 Å². The van der Waals surface area contributed by atoms with Crippen LogP contribution in [0, 0.1) is 0 Å². The minimum absolute atomic E-state index is 0.424. The molecular formula is C7H6N4O. The van der Waals surface area contributed by atoms with Gasteiger partial charge in [-0.25, -0.2) is 9.50 Å². The maximum Gasteiger partial charge on any atom is 0.250 e. The first-order chi connectivity index (χ1) is 5.77. The van der Waals surface area contributed by atoms with Crippen LogP contribution in [0.5, 0.6) is 0 Å². The maximum absolute atomic E-state index is 10.7. The van der Waals surface area contributed by atoms with Crippen LogP contribution < -0.4 is 5.73 Å². The van der Waals surface area contributed by atoms with Gasteiger partial charge < -0.3 is 5.73 Å². The lowest BCUT2D eigenvalue weighted by Crippen LogP contribution is -2.11. The molecule has 0 aliphatic heterocycles.